The summed E-state index contributed by atoms with van der Waals surface area (Å²) in [5.41, 5.74) is 1.17. The van der Waals surface area contributed by atoms with Crippen LogP contribution in [0.2, 0.25) is 0 Å². The lowest BCUT2D eigenvalue weighted by atomic mass is 10.0. The van der Waals surface area contributed by atoms with E-state index >= 15 is 0 Å². The molecule has 1 aliphatic rings. The Kier molecular flexibility index (Phi) is 5.39. The summed E-state index contributed by atoms with van der Waals surface area (Å²) in [7, 11) is 4.34. The summed E-state index contributed by atoms with van der Waals surface area (Å²) in [4.78, 5) is 14.2. The molecule has 1 fully saturated rings. The van der Waals surface area contributed by atoms with Gasteiger partial charge >= 0.3 is 0 Å². The molecule has 2 rings (SSSR count). The highest BCUT2D eigenvalue weighted by atomic mass is 15.3. The van der Waals surface area contributed by atoms with E-state index in [1.165, 1.54) is 18.4 Å². The molecule has 1 saturated heterocycles. The first-order valence-corrected chi connectivity index (χ1v) is 8.09. The van der Waals surface area contributed by atoms with E-state index in [9.17, 15) is 0 Å². The van der Waals surface area contributed by atoms with E-state index in [4.69, 9.17) is 4.98 Å². The SMILES string of the molecule is CCNc1nc(CC)nc(N2CCCC(N(C)C)C2)c1C. The monoisotopic (exact) mass is 291 g/mol. The summed E-state index contributed by atoms with van der Waals surface area (Å²) in [6, 6.07) is 0.612. The zero-order chi connectivity index (χ0) is 15.4. The van der Waals surface area contributed by atoms with Crippen molar-refractivity contribution in [3.05, 3.63) is 11.4 Å². The van der Waals surface area contributed by atoms with E-state index in [0.29, 0.717) is 6.04 Å². The summed E-state index contributed by atoms with van der Waals surface area (Å²) in [5, 5.41) is 3.38. The van der Waals surface area contributed by atoms with Crippen molar-refractivity contribution < 1.29 is 0 Å². The Morgan fingerprint density at radius 1 is 1.29 bits per heavy atom. The first kappa shape index (κ1) is 16.0. The van der Waals surface area contributed by atoms with Crippen LogP contribution < -0.4 is 10.2 Å². The van der Waals surface area contributed by atoms with Crippen molar-refractivity contribution >= 4 is 11.6 Å². The second-order valence-corrected chi connectivity index (χ2v) is 6.03. The molecule has 1 aromatic rings. The second-order valence-electron chi connectivity index (χ2n) is 6.03. The molecule has 118 valence electrons. The van der Waals surface area contributed by atoms with Crippen LogP contribution in [0.3, 0.4) is 0 Å². The fourth-order valence-corrected chi connectivity index (χ4v) is 2.92. The van der Waals surface area contributed by atoms with Crippen molar-refractivity contribution in [2.75, 3.05) is 43.9 Å². The molecule has 2 heterocycles. The van der Waals surface area contributed by atoms with Crippen LogP contribution in [0.5, 0.6) is 0 Å². The van der Waals surface area contributed by atoms with Gasteiger partial charge in [0.2, 0.25) is 0 Å². The molecule has 1 aromatic heterocycles. The molecule has 1 unspecified atom stereocenters. The Hall–Kier alpha value is -1.36. The van der Waals surface area contributed by atoms with Gasteiger partial charge < -0.3 is 15.1 Å². The van der Waals surface area contributed by atoms with Gasteiger partial charge in [-0.05, 0) is 40.8 Å². The van der Waals surface area contributed by atoms with E-state index in [0.717, 1.165) is 43.5 Å². The van der Waals surface area contributed by atoms with Gasteiger partial charge in [0.05, 0.1) is 0 Å². The zero-order valence-corrected chi connectivity index (χ0v) is 14.1. The Balaban J connectivity index is 2.31. The van der Waals surface area contributed by atoms with Gasteiger partial charge in [-0.25, -0.2) is 9.97 Å². The molecule has 5 nitrogen and oxygen atoms in total. The Morgan fingerprint density at radius 2 is 2.05 bits per heavy atom. The van der Waals surface area contributed by atoms with Crippen LogP contribution in [-0.2, 0) is 6.42 Å². The number of nitrogens with zero attached hydrogens (tertiary/aromatic N) is 4. The van der Waals surface area contributed by atoms with E-state index < -0.39 is 0 Å². The van der Waals surface area contributed by atoms with Crippen LogP contribution in [-0.4, -0.2) is 54.6 Å². The molecule has 1 atom stereocenters. The molecule has 0 aromatic carbocycles. The smallest absolute Gasteiger partial charge is 0.137 e. The summed E-state index contributed by atoms with van der Waals surface area (Å²) < 4.78 is 0. The molecular formula is C16H29N5. The number of anilines is 2. The summed E-state index contributed by atoms with van der Waals surface area (Å²) in [6.45, 7) is 9.39. The minimum absolute atomic E-state index is 0.612. The van der Waals surface area contributed by atoms with Crippen molar-refractivity contribution in [3.8, 4) is 0 Å². The van der Waals surface area contributed by atoms with Crippen LogP contribution in [0, 0.1) is 6.92 Å². The highest BCUT2D eigenvalue weighted by Crippen LogP contribution is 2.27. The van der Waals surface area contributed by atoms with Crippen LogP contribution >= 0.6 is 0 Å². The van der Waals surface area contributed by atoms with Gasteiger partial charge in [0.25, 0.3) is 0 Å². The third-order valence-electron chi connectivity index (χ3n) is 4.25. The van der Waals surface area contributed by atoms with Gasteiger partial charge in [-0.2, -0.15) is 0 Å². The van der Waals surface area contributed by atoms with Crippen molar-refractivity contribution in [1.29, 1.82) is 0 Å². The minimum Gasteiger partial charge on any atom is -0.370 e. The summed E-state index contributed by atoms with van der Waals surface area (Å²) in [6.07, 6.45) is 3.37. The quantitative estimate of drug-likeness (QED) is 0.902. The zero-order valence-electron chi connectivity index (χ0n) is 14.1. The number of hydrogen-bond donors (Lipinski definition) is 1. The topological polar surface area (TPSA) is 44.3 Å². The van der Waals surface area contributed by atoms with E-state index in [1.807, 2.05) is 0 Å². The Bertz CT molecular complexity index is 472. The largest absolute Gasteiger partial charge is 0.370 e. The molecule has 0 radical (unpaired) electrons. The van der Waals surface area contributed by atoms with Crippen LogP contribution in [0.1, 0.15) is 38.1 Å². The number of aryl methyl sites for hydroxylation is 1. The third-order valence-corrected chi connectivity index (χ3v) is 4.25. The Morgan fingerprint density at radius 3 is 2.67 bits per heavy atom. The number of hydrogen-bond acceptors (Lipinski definition) is 5. The normalized spacial score (nSPS) is 19.1. The number of likely N-dealkylation sites (N-methyl/N-ethyl adjacent to an activating group) is 1. The summed E-state index contributed by atoms with van der Waals surface area (Å²) in [5.74, 6) is 3.04. The van der Waals surface area contributed by atoms with Crippen molar-refractivity contribution in [2.24, 2.45) is 0 Å². The molecule has 0 aliphatic carbocycles. The molecule has 21 heavy (non-hydrogen) atoms. The van der Waals surface area contributed by atoms with Gasteiger partial charge in [0.15, 0.2) is 0 Å². The van der Waals surface area contributed by atoms with Crippen molar-refractivity contribution in [1.82, 2.24) is 14.9 Å². The number of piperidine rings is 1. The maximum absolute atomic E-state index is 4.81. The first-order valence-electron chi connectivity index (χ1n) is 8.09. The predicted molar refractivity (Wildman–Crippen MR) is 89.2 cm³/mol. The number of nitrogens with one attached hydrogen (secondary N) is 1. The number of rotatable bonds is 5. The maximum Gasteiger partial charge on any atom is 0.137 e. The van der Waals surface area contributed by atoms with Gasteiger partial charge in [-0.15, -0.1) is 0 Å². The highest BCUT2D eigenvalue weighted by Gasteiger charge is 2.24. The lowest BCUT2D eigenvalue weighted by Crippen LogP contribution is -2.45. The van der Waals surface area contributed by atoms with E-state index in [1.54, 1.807) is 0 Å². The van der Waals surface area contributed by atoms with Crippen molar-refractivity contribution in [3.63, 3.8) is 0 Å². The third kappa shape index (κ3) is 3.64. The Labute approximate surface area is 128 Å². The average molecular weight is 291 g/mol. The molecule has 5 heteroatoms. The van der Waals surface area contributed by atoms with Crippen LogP contribution in [0.25, 0.3) is 0 Å². The van der Waals surface area contributed by atoms with Crippen LogP contribution in [0.15, 0.2) is 0 Å². The molecule has 0 saturated carbocycles. The predicted octanol–water partition coefficient (Wildman–Crippen LogP) is 2.31. The molecule has 1 aliphatic heterocycles. The van der Waals surface area contributed by atoms with Gasteiger partial charge in [-0.1, -0.05) is 6.92 Å². The maximum atomic E-state index is 4.81. The van der Waals surface area contributed by atoms with Crippen LogP contribution in [0.4, 0.5) is 11.6 Å². The standard InChI is InChI=1S/C16H29N5/c1-6-14-18-15(17-7-2)12(3)16(19-14)21-10-8-9-13(11-21)20(4)5/h13H,6-11H2,1-5H3,(H,17,18,19). The van der Waals surface area contributed by atoms with E-state index in [2.05, 4.69) is 55.0 Å². The molecule has 1 N–H and O–H groups in total. The van der Waals surface area contributed by atoms with Gasteiger partial charge in [0.1, 0.15) is 17.5 Å². The lowest BCUT2D eigenvalue weighted by Gasteiger charge is -2.37. The second kappa shape index (κ2) is 7.07. The molecule has 0 bridgehead atoms. The highest BCUT2D eigenvalue weighted by molar-refractivity contribution is 5.59. The minimum atomic E-state index is 0.612. The first-order chi connectivity index (χ1) is 10.1. The molecular weight excluding hydrogens is 262 g/mol. The summed E-state index contributed by atoms with van der Waals surface area (Å²) >= 11 is 0. The van der Waals surface area contributed by atoms with Crippen molar-refractivity contribution in [2.45, 2.75) is 46.1 Å². The van der Waals surface area contributed by atoms with E-state index in [-0.39, 0.29) is 0 Å². The lowest BCUT2D eigenvalue weighted by molar-refractivity contribution is 0.257. The fourth-order valence-electron chi connectivity index (χ4n) is 2.92. The molecule has 0 spiro atoms. The molecule has 0 amide bonds. The fraction of sp³-hybridized carbons (Fsp3) is 0.750. The average Bonchev–Trinajstić information content (AvgIpc) is 2.49. The number of aromatic nitrogens is 2. The van der Waals surface area contributed by atoms with Gasteiger partial charge in [0, 0.05) is 37.7 Å². The van der Waals surface area contributed by atoms with Gasteiger partial charge in [-0.3, -0.25) is 0 Å².